The summed E-state index contributed by atoms with van der Waals surface area (Å²) in [5.41, 5.74) is 10.9. The van der Waals surface area contributed by atoms with Gasteiger partial charge in [0.15, 0.2) is 0 Å². The van der Waals surface area contributed by atoms with Crippen molar-refractivity contribution in [3.8, 4) is 0 Å². The fraction of sp³-hybridized carbons (Fsp3) is 0.857. The highest BCUT2D eigenvalue weighted by atomic mass is 35.5. The van der Waals surface area contributed by atoms with Gasteiger partial charge in [-0.1, -0.05) is 12.8 Å². The Balaban J connectivity index is 0.00000220. The summed E-state index contributed by atoms with van der Waals surface area (Å²) >= 11 is 0. The van der Waals surface area contributed by atoms with Gasteiger partial charge in [-0.05, 0) is 31.6 Å². The van der Waals surface area contributed by atoms with Gasteiger partial charge >= 0.3 is 0 Å². The van der Waals surface area contributed by atoms with Gasteiger partial charge in [-0.25, -0.2) is 0 Å². The molecule has 2 amide bonds. The van der Waals surface area contributed by atoms with Crippen molar-refractivity contribution in [2.75, 3.05) is 19.8 Å². The van der Waals surface area contributed by atoms with Crippen molar-refractivity contribution in [3.63, 3.8) is 0 Å². The van der Waals surface area contributed by atoms with E-state index in [2.05, 4.69) is 5.32 Å². The van der Waals surface area contributed by atoms with E-state index in [4.69, 9.17) is 16.2 Å². The zero-order valence-electron chi connectivity index (χ0n) is 12.3. The van der Waals surface area contributed by atoms with Gasteiger partial charge in [0.1, 0.15) is 0 Å². The van der Waals surface area contributed by atoms with E-state index in [-0.39, 0.29) is 30.1 Å². The van der Waals surface area contributed by atoms with Crippen LogP contribution in [0.4, 0.5) is 0 Å². The molecule has 1 aliphatic heterocycles. The van der Waals surface area contributed by atoms with Gasteiger partial charge < -0.3 is 21.5 Å². The third-order valence-corrected chi connectivity index (χ3v) is 4.76. The fourth-order valence-electron chi connectivity index (χ4n) is 3.23. The van der Waals surface area contributed by atoms with E-state index in [1.165, 1.54) is 0 Å². The van der Waals surface area contributed by atoms with Crippen molar-refractivity contribution in [1.29, 1.82) is 0 Å². The molecule has 21 heavy (non-hydrogen) atoms. The number of rotatable bonds is 5. The summed E-state index contributed by atoms with van der Waals surface area (Å²) in [6.07, 6.45) is 5.13. The molecule has 7 heteroatoms. The van der Waals surface area contributed by atoms with Gasteiger partial charge in [-0.3, -0.25) is 9.59 Å². The SMILES string of the molecule is Cl.NC(=O)C1(CNC(=O)C(N)C2CCOCC2)CCCC1. The largest absolute Gasteiger partial charge is 0.381 e. The zero-order valence-corrected chi connectivity index (χ0v) is 13.1. The van der Waals surface area contributed by atoms with Crippen LogP contribution in [0.1, 0.15) is 38.5 Å². The highest BCUT2D eigenvalue weighted by molar-refractivity contribution is 5.85. The van der Waals surface area contributed by atoms with Crippen molar-refractivity contribution in [2.24, 2.45) is 22.8 Å². The highest BCUT2D eigenvalue weighted by Crippen LogP contribution is 2.37. The molecule has 2 fully saturated rings. The number of carbonyl (C=O) groups excluding carboxylic acids is 2. The van der Waals surface area contributed by atoms with Crippen LogP contribution in [0.25, 0.3) is 0 Å². The molecule has 2 aliphatic rings. The van der Waals surface area contributed by atoms with Gasteiger partial charge in [-0.15, -0.1) is 12.4 Å². The molecule has 1 heterocycles. The second-order valence-electron chi connectivity index (χ2n) is 6.05. The smallest absolute Gasteiger partial charge is 0.237 e. The van der Waals surface area contributed by atoms with Gasteiger partial charge in [-0.2, -0.15) is 0 Å². The summed E-state index contributed by atoms with van der Waals surface area (Å²) in [5.74, 6) is -0.323. The molecule has 1 saturated heterocycles. The Hall–Kier alpha value is -0.850. The second kappa shape index (κ2) is 7.96. The van der Waals surface area contributed by atoms with Crippen LogP contribution >= 0.6 is 12.4 Å². The molecular formula is C14H26ClN3O3. The molecule has 0 aromatic carbocycles. The minimum absolute atomic E-state index is 0. The van der Waals surface area contributed by atoms with Crippen LogP contribution in [0.15, 0.2) is 0 Å². The van der Waals surface area contributed by atoms with Gasteiger partial charge in [0, 0.05) is 19.8 Å². The number of primary amides is 1. The molecule has 2 rings (SSSR count). The lowest BCUT2D eigenvalue weighted by molar-refractivity contribution is -0.129. The Morgan fingerprint density at radius 2 is 1.81 bits per heavy atom. The molecule has 6 nitrogen and oxygen atoms in total. The molecule has 1 saturated carbocycles. The zero-order chi connectivity index (χ0) is 14.6. The van der Waals surface area contributed by atoms with Crippen LogP contribution in [0.2, 0.25) is 0 Å². The Bertz CT molecular complexity index is 366. The summed E-state index contributed by atoms with van der Waals surface area (Å²) in [5, 5.41) is 2.84. The molecule has 5 N–H and O–H groups in total. The maximum atomic E-state index is 12.1. The van der Waals surface area contributed by atoms with Crippen LogP contribution in [-0.2, 0) is 14.3 Å². The number of carbonyl (C=O) groups is 2. The number of halogens is 1. The van der Waals surface area contributed by atoms with Crippen LogP contribution in [-0.4, -0.2) is 37.6 Å². The molecule has 1 atom stereocenters. The van der Waals surface area contributed by atoms with Crippen molar-refractivity contribution < 1.29 is 14.3 Å². The maximum absolute atomic E-state index is 12.1. The van der Waals surface area contributed by atoms with Crippen molar-refractivity contribution in [1.82, 2.24) is 5.32 Å². The number of hydrogen-bond acceptors (Lipinski definition) is 4. The van der Waals surface area contributed by atoms with Crippen molar-refractivity contribution >= 4 is 24.2 Å². The molecular weight excluding hydrogens is 294 g/mol. The van der Waals surface area contributed by atoms with Crippen LogP contribution < -0.4 is 16.8 Å². The molecule has 1 unspecified atom stereocenters. The van der Waals surface area contributed by atoms with Crippen LogP contribution in [0, 0.1) is 11.3 Å². The first kappa shape index (κ1) is 18.2. The predicted molar refractivity (Wildman–Crippen MR) is 81.9 cm³/mol. The van der Waals surface area contributed by atoms with E-state index in [0.29, 0.717) is 19.8 Å². The number of nitrogens with one attached hydrogen (secondary N) is 1. The normalized spacial score (nSPS) is 23.1. The van der Waals surface area contributed by atoms with E-state index in [9.17, 15) is 9.59 Å². The van der Waals surface area contributed by atoms with E-state index in [1.807, 2.05) is 0 Å². The molecule has 0 spiro atoms. The monoisotopic (exact) mass is 319 g/mol. The molecule has 122 valence electrons. The van der Waals surface area contributed by atoms with Crippen LogP contribution in [0.3, 0.4) is 0 Å². The minimum atomic E-state index is -0.564. The van der Waals surface area contributed by atoms with E-state index in [1.54, 1.807) is 0 Å². The lowest BCUT2D eigenvalue weighted by Crippen LogP contribution is -2.51. The summed E-state index contributed by atoms with van der Waals surface area (Å²) in [4.78, 5) is 23.8. The first-order valence-corrected chi connectivity index (χ1v) is 7.46. The average Bonchev–Trinajstić information content (AvgIpc) is 2.95. The second-order valence-corrected chi connectivity index (χ2v) is 6.05. The quantitative estimate of drug-likeness (QED) is 0.678. The fourth-order valence-corrected chi connectivity index (χ4v) is 3.23. The topological polar surface area (TPSA) is 107 Å². The van der Waals surface area contributed by atoms with Crippen molar-refractivity contribution in [2.45, 2.75) is 44.6 Å². The maximum Gasteiger partial charge on any atom is 0.237 e. The first-order valence-electron chi connectivity index (χ1n) is 7.46. The van der Waals surface area contributed by atoms with Crippen LogP contribution in [0.5, 0.6) is 0 Å². The third-order valence-electron chi connectivity index (χ3n) is 4.76. The molecule has 0 radical (unpaired) electrons. The minimum Gasteiger partial charge on any atom is -0.381 e. The first-order chi connectivity index (χ1) is 9.55. The Morgan fingerprint density at radius 3 is 2.33 bits per heavy atom. The standard InChI is InChI=1S/C14H25N3O3.ClH/c15-11(10-3-7-20-8-4-10)12(18)17-9-14(13(16)19)5-1-2-6-14;/h10-11H,1-9,15H2,(H2,16,19)(H,17,18);1H. The lowest BCUT2D eigenvalue weighted by atomic mass is 9.85. The summed E-state index contributed by atoms with van der Waals surface area (Å²) in [6, 6.07) is -0.523. The molecule has 0 aromatic heterocycles. The van der Waals surface area contributed by atoms with E-state index >= 15 is 0 Å². The summed E-state index contributed by atoms with van der Waals surface area (Å²) in [6.45, 7) is 1.64. The van der Waals surface area contributed by atoms with E-state index in [0.717, 1.165) is 38.5 Å². The lowest BCUT2D eigenvalue weighted by Gasteiger charge is -2.29. The Morgan fingerprint density at radius 1 is 1.24 bits per heavy atom. The Kier molecular flexibility index (Phi) is 6.90. The number of ether oxygens (including phenoxy) is 1. The van der Waals surface area contributed by atoms with Gasteiger partial charge in [0.05, 0.1) is 11.5 Å². The number of nitrogens with two attached hydrogens (primary N) is 2. The third kappa shape index (κ3) is 4.31. The highest BCUT2D eigenvalue weighted by Gasteiger charge is 2.40. The molecule has 1 aliphatic carbocycles. The molecule has 0 aromatic rings. The van der Waals surface area contributed by atoms with Crippen molar-refractivity contribution in [3.05, 3.63) is 0 Å². The summed E-state index contributed by atoms with van der Waals surface area (Å²) < 4.78 is 5.27. The summed E-state index contributed by atoms with van der Waals surface area (Å²) in [7, 11) is 0. The Labute approximate surface area is 131 Å². The number of hydrogen-bond donors (Lipinski definition) is 3. The van der Waals surface area contributed by atoms with Gasteiger partial charge in [0.2, 0.25) is 11.8 Å². The number of amides is 2. The van der Waals surface area contributed by atoms with E-state index < -0.39 is 11.5 Å². The predicted octanol–water partition coefficient (Wildman–Crippen LogP) is 0.324. The van der Waals surface area contributed by atoms with Gasteiger partial charge in [0.25, 0.3) is 0 Å². The average molecular weight is 320 g/mol. The molecule has 0 bridgehead atoms.